The number of thiophene rings is 1. The van der Waals surface area contributed by atoms with Crippen molar-refractivity contribution < 1.29 is 14.6 Å². The van der Waals surface area contributed by atoms with Crippen LogP contribution in [0.15, 0.2) is 35.7 Å². The van der Waals surface area contributed by atoms with Gasteiger partial charge in [0.2, 0.25) is 6.79 Å². The summed E-state index contributed by atoms with van der Waals surface area (Å²) in [6.07, 6.45) is 0.637. The lowest BCUT2D eigenvalue weighted by Gasteiger charge is -2.24. The Morgan fingerprint density at radius 1 is 1.04 bits per heavy atom. The van der Waals surface area contributed by atoms with Gasteiger partial charge in [0.25, 0.3) is 0 Å². The van der Waals surface area contributed by atoms with Crippen molar-refractivity contribution >= 4 is 11.3 Å². The van der Waals surface area contributed by atoms with Crippen molar-refractivity contribution in [2.45, 2.75) is 19.1 Å². The normalized spacial score (nSPS) is 19.7. The number of fused-ring (bicyclic) bond motifs is 1. The molecule has 1 N–H and O–H groups in total. The fraction of sp³-hybridized carbons (Fsp3) is 0.474. The first-order chi connectivity index (χ1) is 12.3. The van der Waals surface area contributed by atoms with Crippen molar-refractivity contribution in [1.82, 2.24) is 9.80 Å². The smallest absolute Gasteiger partial charge is 0.231 e. The maximum Gasteiger partial charge on any atom is 0.231 e. The summed E-state index contributed by atoms with van der Waals surface area (Å²) in [4.78, 5) is 6.30. The molecule has 1 aromatic heterocycles. The predicted octanol–water partition coefficient (Wildman–Crippen LogP) is 2.72. The number of hydrogen-bond acceptors (Lipinski definition) is 6. The van der Waals surface area contributed by atoms with Crippen LogP contribution in [-0.4, -0.2) is 54.4 Å². The lowest BCUT2D eigenvalue weighted by atomic mass is 10.1. The highest BCUT2D eigenvalue weighted by Gasteiger charge is 2.21. The minimum absolute atomic E-state index is 0.265. The summed E-state index contributed by atoms with van der Waals surface area (Å²) in [5.74, 6) is 1.49. The van der Waals surface area contributed by atoms with Crippen molar-refractivity contribution in [3.63, 3.8) is 0 Å². The third-order valence-corrected chi connectivity index (χ3v) is 5.71. The van der Waals surface area contributed by atoms with E-state index in [1.165, 1.54) is 4.88 Å². The summed E-state index contributed by atoms with van der Waals surface area (Å²) < 4.78 is 10.7. The van der Waals surface area contributed by atoms with E-state index >= 15 is 0 Å². The Hall–Kier alpha value is -1.60. The van der Waals surface area contributed by atoms with Gasteiger partial charge in [-0.25, -0.2) is 0 Å². The molecule has 2 aliphatic rings. The Morgan fingerprint density at radius 2 is 1.88 bits per heavy atom. The van der Waals surface area contributed by atoms with E-state index in [2.05, 4.69) is 27.3 Å². The van der Waals surface area contributed by atoms with Gasteiger partial charge in [0.05, 0.1) is 6.10 Å². The molecule has 0 bridgehead atoms. The molecule has 1 fully saturated rings. The van der Waals surface area contributed by atoms with E-state index in [9.17, 15) is 5.11 Å². The highest BCUT2D eigenvalue weighted by atomic mass is 32.1. The molecule has 25 heavy (non-hydrogen) atoms. The number of hydrogen-bond donors (Lipinski definition) is 1. The van der Waals surface area contributed by atoms with Crippen molar-refractivity contribution in [2.75, 3.05) is 39.5 Å². The van der Waals surface area contributed by atoms with Crippen LogP contribution >= 0.6 is 11.3 Å². The molecular weight excluding hydrogens is 336 g/mol. The summed E-state index contributed by atoms with van der Waals surface area (Å²) in [5.41, 5.74) is 0.893. The number of nitrogens with zero attached hydrogens (tertiary/aromatic N) is 2. The van der Waals surface area contributed by atoms with Crippen LogP contribution in [0.1, 0.15) is 23.0 Å². The highest BCUT2D eigenvalue weighted by molar-refractivity contribution is 7.09. The van der Waals surface area contributed by atoms with Gasteiger partial charge in [0, 0.05) is 31.1 Å². The third kappa shape index (κ3) is 4.15. The van der Waals surface area contributed by atoms with Gasteiger partial charge in [-0.15, -0.1) is 11.3 Å². The molecule has 0 aliphatic carbocycles. The average molecular weight is 360 g/mol. The van der Waals surface area contributed by atoms with Crippen LogP contribution in [-0.2, 0) is 6.54 Å². The number of ether oxygens (including phenoxy) is 2. The second-order valence-corrected chi connectivity index (χ2v) is 7.67. The summed E-state index contributed by atoms with van der Waals surface area (Å²) in [6.45, 7) is 6.15. The van der Waals surface area contributed by atoms with Crippen LogP contribution in [0.3, 0.4) is 0 Å². The second kappa shape index (κ2) is 7.74. The standard InChI is InChI=1S/C19H24N2O3S/c22-17(15-4-5-18-19(11-15)24-14-23-18)13-21-7-2-6-20(8-9-21)12-16-3-1-10-25-16/h1,3-5,10-11,17,22H,2,6-9,12-14H2. The Balaban J connectivity index is 1.31. The minimum Gasteiger partial charge on any atom is -0.454 e. The summed E-state index contributed by atoms with van der Waals surface area (Å²) in [6, 6.07) is 10.0. The van der Waals surface area contributed by atoms with E-state index in [1.54, 1.807) is 0 Å². The first-order valence-electron chi connectivity index (χ1n) is 8.82. The van der Waals surface area contributed by atoms with Gasteiger partial charge < -0.3 is 14.6 Å². The van der Waals surface area contributed by atoms with Crippen molar-refractivity contribution in [3.05, 3.63) is 46.2 Å². The van der Waals surface area contributed by atoms with E-state index in [4.69, 9.17) is 9.47 Å². The number of benzene rings is 1. The topological polar surface area (TPSA) is 45.2 Å². The summed E-state index contributed by atoms with van der Waals surface area (Å²) in [5, 5.41) is 12.8. The van der Waals surface area contributed by atoms with Crippen molar-refractivity contribution in [1.29, 1.82) is 0 Å². The van der Waals surface area contributed by atoms with Gasteiger partial charge in [-0.1, -0.05) is 12.1 Å². The number of β-amino-alcohol motifs (C(OH)–C–C–N with tert-alkyl or cyclic N) is 1. The van der Waals surface area contributed by atoms with Gasteiger partial charge in [0.15, 0.2) is 11.5 Å². The van der Waals surface area contributed by atoms with Crippen LogP contribution in [0.4, 0.5) is 0 Å². The second-order valence-electron chi connectivity index (χ2n) is 6.64. The maximum atomic E-state index is 10.6. The van der Waals surface area contributed by atoms with Gasteiger partial charge in [-0.2, -0.15) is 0 Å². The molecule has 6 heteroatoms. The molecule has 1 unspecified atom stereocenters. The monoisotopic (exact) mass is 360 g/mol. The SMILES string of the molecule is OC(CN1CCCN(Cc2cccs2)CC1)c1ccc2c(c1)OCO2. The molecule has 0 radical (unpaired) electrons. The van der Waals surface area contributed by atoms with Crippen LogP contribution in [0.25, 0.3) is 0 Å². The van der Waals surface area contributed by atoms with E-state index in [0.29, 0.717) is 6.54 Å². The summed E-state index contributed by atoms with van der Waals surface area (Å²) in [7, 11) is 0. The minimum atomic E-state index is -0.502. The average Bonchev–Trinajstić information content (AvgIpc) is 3.25. The molecule has 1 atom stereocenters. The Kier molecular flexibility index (Phi) is 5.22. The first kappa shape index (κ1) is 16.8. The van der Waals surface area contributed by atoms with E-state index in [-0.39, 0.29) is 6.79 Å². The maximum absolute atomic E-state index is 10.6. The fourth-order valence-electron chi connectivity index (χ4n) is 3.46. The summed E-state index contributed by atoms with van der Waals surface area (Å²) >= 11 is 1.82. The van der Waals surface area contributed by atoms with Crippen LogP contribution in [0.2, 0.25) is 0 Å². The lowest BCUT2D eigenvalue weighted by Crippen LogP contribution is -2.33. The third-order valence-electron chi connectivity index (χ3n) is 4.85. The molecule has 0 saturated carbocycles. The number of rotatable bonds is 5. The molecule has 5 nitrogen and oxygen atoms in total. The van der Waals surface area contributed by atoms with Crippen LogP contribution in [0.5, 0.6) is 11.5 Å². The molecule has 1 saturated heterocycles. The van der Waals surface area contributed by atoms with E-state index in [0.717, 1.165) is 56.2 Å². The molecular formula is C19H24N2O3S. The first-order valence-corrected chi connectivity index (χ1v) is 9.70. The molecule has 3 heterocycles. The molecule has 134 valence electrons. The zero-order valence-electron chi connectivity index (χ0n) is 14.3. The predicted molar refractivity (Wildman–Crippen MR) is 98.2 cm³/mol. The van der Waals surface area contributed by atoms with E-state index in [1.807, 2.05) is 29.5 Å². The molecule has 0 amide bonds. The zero-order chi connectivity index (χ0) is 17.1. The highest BCUT2D eigenvalue weighted by Crippen LogP contribution is 2.34. The molecule has 2 aliphatic heterocycles. The largest absolute Gasteiger partial charge is 0.454 e. The van der Waals surface area contributed by atoms with E-state index < -0.39 is 6.10 Å². The molecule has 4 rings (SSSR count). The molecule has 1 aromatic carbocycles. The quantitative estimate of drug-likeness (QED) is 0.888. The Bertz CT molecular complexity index is 692. The van der Waals surface area contributed by atoms with Crippen LogP contribution in [0, 0.1) is 0 Å². The Labute approximate surface area is 152 Å². The zero-order valence-corrected chi connectivity index (χ0v) is 15.1. The Morgan fingerprint density at radius 3 is 2.76 bits per heavy atom. The van der Waals surface area contributed by atoms with Gasteiger partial charge >= 0.3 is 0 Å². The molecule has 0 spiro atoms. The van der Waals surface area contributed by atoms with Gasteiger partial charge in [-0.05, 0) is 48.7 Å². The van der Waals surface area contributed by atoms with Crippen molar-refractivity contribution in [2.24, 2.45) is 0 Å². The van der Waals surface area contributed by atoms with Gasteiger partial charge in [-0.3, -0.25) is 9.80 Å². The molecule has 2 aromatic rings. The van der Waals surface area contributed by atoms with Crippen molar-refractivity contribution in [3.8, 4) is 11.5 Å². The lowest BCUT2D eigenvalue weighted by molar-refractivity contribution is 0.114. The van der Waals surface area contributed by atoms with Gasteiger partial charge in [0.1, 0.15) is 0 Å². The number of aliphatic hydroxyl groups excluding tert-OH is 1. The fourth-order valence-corrected chi connectivity index (χ4v) is 4.20. The van der Waals surface area contributed by atoms with Crippen LogP contribution < -0.4 is 9.47 Å². The number of aliphatic hydroxyl groups is 1.